The summed E-state index contributed by atoms with van der Waals surface area (Å²) in [6.07, 6.45) is 15.0. The van der Waals surface area contributed by atoms with Gasteiger partial charge in [-0.25, -0.2) is 9.97 Å². The van der Waals surface area contributed by atoms with Crippen LogP contribution in [-0.4, -0.2) is 31.6 Å². The van der Waals surface area contributed by atoms with Crippen molar-refractivity contribution < 1.29 is 4.79 Å². The first kappa shape index (κ1) is 19.1. The van der Waals surface area contributed by atoms with Gasteiger partial charge in [-0.2, -0.15) is 0 Å². The number of pyridine rings is 2. The topological polar surface area (TPSA) is 85.1 Å². The molecule has 3 aromatic heterocycles. The normalized spacial score (nSPS) is 20.1. The van der Waals surface area contributed by atoms with Gasteiger partial charge in [0.05, 0.1) is 23.9 Å². The molecule has 2 aliphatic carbocycles. The van der Waals surface area contributed by atoms with E-state index in [1.165, 1.54) is 31.4 Å². The second-order valence-corrected chi connectivity index (χ2v) is 8.78. The molecular formula is C25H24N6O. The molecule has 0 radical (unpaired) electrons. The highest BCUT2D eigenvalue weighted by Gasteiger charge is 2.27. The lowest BCUT2D eigenvalue weighted by molar-refractivity contribution is -0.112. The Morgan fingerprint density at radius 3 is 2.75 bits per heavy atom. The second kappa shape index (κ2) is 7.82. The Labute approximate surface area is 186 Å². The van der Waals surface area contributed by atoms with Crippen LogP contribution >= 0.6 is 0 Å². The standard InChI is InChI=1S/C25H24N6O/c32-25(22-12-17(10-11-27-22)18-6-9-20(28-13-18)16-4-5-16)30-24-3-1-2-21(29-24)23-14-26-15-31(23)19-7-8-19/h1-3,6,9,11-17,19H,4-5,7-8,10H2,(H,29,30,32). The number of amides is 1. The van der Waals surface area contributed by atoms with Crippen LogP contribution in [0.4, 0.5) is 5.82 Å². The van der Waals surface area contributed by atoms with Crippen LogP contribution in [0.2, 0.25) is 0 Å². The lowest BCUT2D eigenvalue weighted by Crippen LogP contribution is -2.17. The van der Waals surface area contributed by atoms with Crippen LogP contribution in [0.3, 0.4) is 0 Å². The molecule has 3 aromatic rings. The van der Waals surface area contributed by atoms with Crippen molar-refractivity contribution in [2.45, 2.75) is 50.0 Å². The molecule has 7 nitrogen and oxygen atoms in total. The Morgan fingerprint density at radius 1 is 1.06 bits per heavy atom. The van der Waals surface area contributed by atoms with Gasteiger partial charge in [-0.15, -0.1) is 0 Å². The maximum atomic E-state index is 12.9. The number of nitrogens with one attached hydrogen (secondary N) is 1. The van der Waals surface area contributed by atoms with E-state index in [1.54, 1.807) is 6.07 Å². The number of imidazole rings is 1. The summed E-state index contributed by atoms with van der Waals surface area (Å²) < 4.78 is 2.16. The van der Waals surface area contributed by atoms with Gasteiger partial charge in [-0.1, -0.05) is 12.1 Å². The number of rotatable bonds is 6. The van der Waals surface area contributed by atoms with Gasteiger partial charge in [0.15, 0.2) is 0 Å². The van der Waals surface area contributed by atoms with Crippen molar-refractivity contribution in [3.8, 4) is 11.4 Å². The molecule has 1 amide bonds. The number of hydrogen-bond donors (Lipinski definition) is 1. The molecule has 1 unspecified atom stereocenters. The van der Waals surface area contributed by atoms with Crippen molar-refractivity contribution in [1.82, 2.24) is 19.5 Å². The first-order valence-electron chi connectivity index (χ1n) is 11.3. The highest BCUT2D eigenvalue weighted by atomic mass is 16.2. The monoisotopic (exact) mass is 424 g/mol. The average molecular weight is 425 g/mol. The Bertz CT molecular complexity index is 1220. The number of hydrogen-bond acceptors (Lipinski definition) is 5. The summed E-state index contributed by atoms with van der Waals surface area (Å²) in [5.74, 6) is 0.986. The minimum absolute atomic E-state index is 0.0983. The number of anilines is 1. The van der Waals surface area contributed by atoms with E-state index in [-0.39, 0.29) is 11.8 Å². The van der Waals surface area contributed by atoms with E-state index in [2.05, 4.69) is 42.0 Å². The van der Waals surface area contributed by atoms with Crippen molar-refractivity contribution in [2.24, 2.45) is 4.99 Å². The van der Waals surface area contributed by atoms with E-state index in [9.17, 15) is 4.79 Å². The summed E-state index contributed by atoms with van der Waals surface area (Å²) in [6, 6.07) is 10.4. The fraction of sp³-hybridized carbons (Fsp3) is 0.320. The smallest absolute Gasteiger partial charge is 0.275 e. The molecule has 2 saturated carbocycles. The molecule has 32 heavy (non-hydrogen) atoms. The molecule has 160 valence electrons. The summed E-state index contributed by atoms with van der Waals surface area (Å²) in [5.41, 5.74) is 4.46. The number of aromatic nitrogens is 4. The van der Waals surface area contributed by atoms with Gasteiger partial charge in [-0.05, 0) is 61.9 Å². The maximum Gasteiger partial charge on any atom is 0.275 e. The van der Waals surface area contributed by atoms with Crippen molar-refractivity contribution in [3.05, 3.63) is 72.1 Å². The van der Waals surface area contributed by atoms with Gasteiger partial charge >= 0.3 is 0 Å². The summed E-state index contributed by atoms with van der Waals surface area (Å²) in [6.45, 7) is 0. The quantitative estimate of drug-likeness (QED) is 0.625. The fourth-order valence-corrected chi connectivity index (χ4v) is 4.16. The van der Waals surface area contributed by atoms with E-state index in [0.717, 1.165) is 23.4 Å². The molecule has 0 bridgehead atoms. The van der Waals surface area contributed by atoms with E-state index < -0.39 is 0 Å². The fourth-order valence-electron chi connectivity index (χ4n) is 4.16. The number of aliphatic imine (C=N–C) groups is 1. The number of carbonyl (C=O) groups is 1. The Morgan fingerprint density at radius 2 is 1.97 bits per heavy atom. The van der Waals surface area contributed by atoms with Crippen molar-refractivity contribution in [3.63, 3.8) is 0 Å². The van der Waals surface area contributed by atoms with E-state index >= 15 is 0 Å². The zero-order valence-electron chi connectivity index (χ0n) is 17.7. The molecule has 6 rings (SSSR count). The molecule has 0 spiro atoms. The Hall–Kier alpha value is -3.61. The molecule has 7 heteroatoms. The largest absolute Gasteiger partial charge is 0.326 e. The summed E-state index contributed by atoms with van der Waals surface area (Å²) in [5, 5.41) is 2.91. The Kier molecular flexibility index (Phi) is 4.67. The van der Waals surface area contributed by atoms with Gasteiger partial charge < -0.3 is 9.88 Å². The van der Waals surface area contributed by atoms with E-state index in [4.69, 9.17) is 0 Å². The molecule has 1 N–H and O–H groups in total. The summed E-state index contributed by atoms with van der Waals surface area (Å²) in [4.78, 5) is 30.8. The van der Waals surface area contributed by atoms with Gasteiger partial charge in [0, 0.05) is 36.0 Å². The van der Waals surface area contributed by atoms with Crippen LogP contribution in [0.15, 0.2) is 65.8 Å². The predicted molar refractivity (Wildman–Crippen MR) is 123 cm³/mol. The van der Waals surface area contributed by atoms with Gasteiger partial charge in [0.2, 0.25) is 0 Å². The van der Waals surface area contributed by atoms with E-state index in [1.807, 2.05) is 43.1 Å². The van der Waals surface area contributed by atoms with Crippen LogP contribution in [0, 0.1) is 0 Å². The minimum Gasteiger partial charge on any atom is -0.326 e. The highest BCUT2D eigenvalue weighted by Crippen LogP contribution is 2.39. The van der Waals surface area contributed by atoms with Crippen molar-refractivity contribution >= 4 is 17.9 Å². The first-order chi connectivity index (χ1) is 15.7. The van der Waals surface area contributed by atoms with Crippen LogP contribution < -0.4 is 5.32 Å². The van der Waals surface area contributed by atoms with Crippen LogP contribution in [0.25, 0.3) is 11.4 Å². The lowest BCUT2D eigenvalue weighted by atomic mass is 9.94. The molecular weight excluding hydrogens is 400 g/mol. The van der Waals surface area contributed by atoms with Crippen molar-refractivity contribution in [2.75, 3.05) is 5.32 Å². The zero-order valence-corrected chi connectivity index (χ0v) is 17.7. The summed E-state index contributed by atoms with van der Waals surface area (Å²) >= 11 is 0. The third-order valence-electron chi connectivity index (χ3n) is 6.27. The van der Waals surface area contributed by atoms with Crippen molar-refractivity contribution in [1.29, 1.82) is 0 Å². The third-order valence-corrected chi connectivity index (χ3v) is 6.27. The highest BCUT2D eigenvalue weighted by molar-refractivity contribution is 6.04. The third kappa shape index (κ3) is 3.86. The maximum absolute atomic E-state index is 12.9. The number of nitrogens with zero attached hydrogens (tertiary/aromatic N) is 5. The zero-order chi connectivity index (χ0) is 21.5. The molecule has 3 aliphatic rings. The molecule has 0 saturated heterocycles. The summed E-state index contributed by atoms with van der Waals surface area (Å²) in [7, 11) is 0. The molecule has 0 aromatic carbocycles. The predicted octanol–water partition coefficient (Wildman–Crippen LogP) is 4.63. The number of allylic oxidation sites excluding steroid dienone is 1. The molecule has 2 fully saturated rings. The first-order valence-corrected chi connectivity index (χ1v) is 11.3. The molecule has 1 atom stereocenters. The van der Waals surface area contributed by atoms with Gasteiger partial charge in [0.25, 0.3) is 5.91 Å². The number of carbonyl (C=O) groups excluding carboxylic acids is 1. The Balaban J connectivity index is 1.18. The van der Waals surface area contributed by atoms with Crippen LogP contribution in [-0.2, 0) is 4.79 Å². The van der Waals surface area contributed by atoms with Crippen LogP contribution in [0.1, 0.15) is 61.2 Å². The van der Waals surface area contributed by atoms with Crippen LogP contribution in [0.5, 0.6) is 0 Å². The molecule has 4 heterocycles. The minimum atomic E-state index is -0.256. The molecule has 1 aliphatic heterocycles. The lowest BCUT2D eigenvalue weighted by Gasteiger charge is -2.16. The SMILES string of the molecule is O=C(Nc1cccc(-c2cncn2C2CC2)n1)C1=CC(c2ccc(C3CC3)nc2)CC=N1. The second-order valence-electron chi connectivity index (χ2n) is 8.78. The average Bonchev–Trinajstić information content (AvgIpc) is 3.78. The van der Waals surface area contributed by atoms with E-state index in [0.29, 0.717) is 23.5 Å². The van der Waals surface area contributed by atoms with Gasteiger partial charge in [-0.3, -0.25) is 14.8 Å². The van der Waals surface area contributed by atoms with Gasteiger partial charge in [0.1, 0.15) is 11.5 Å².